The minimum absolute atomic E-state index is 0.0289. The average molecular weight is 273 g/mol. The number of para-hydroxylation sites is 1. The lowest BCUT2D eigenvalue weighted by Crippen LogP contribution is -2.32. The highest BCUT2D eigenvalue weighted by Crippen LogP contribution is 2.21. The molecule has 1 aromatic carbocycles. The molecule has 0 fully saturated rings. The molecule has 1 aromatic heterocycles. The second-order valence-corrected chi connectivity index (χ2v) is 4.42. The van der Waals surface area contributed by atoms with E-state index >= 15 is 0 Å². The third-order valence-electron chi connectivity index (χ3n) is 3.13. The van der Waals surface area contributed by atoms with Crippen LogP contribution in [-0.2, 0) is 4.79 Å². The Morgan fingerprint density at radius 3 is 2.75 bits per heavy atom. The fourth-order valence-electron chi connectivity index (χ4n) is 1.79. The van der Waals surface area contributed by atoms with E-state index < -0.39 is 0 Å². The molecule has 106 valence electrons. The van der Waals surface area contributed by atoms with Crippen LogP contribution in [-0.4, -0.2) is 48.0 Å². The number of hydrogen-bond acceptors (Lipinski definition) is 5. The normalized spacial score (nSPS) is 10.3. The number of hydrogen-bond donors (Lipinski definition) is 2. The van der Waals surface area contributed by atoms with Crippen molar-refractivity contribution >= 4 is 28.6 Å². The van der Waals surface area contributed by atoms with Gasteiger partial charge in [0.25, 0.3) is 0 Å². The summed E-state index contributed by atoms with van der Waals surface area (Å²) in [5.41, 5.74) is 0.839. The maximum atomic E-state index is 11.8. The molecule has 6 nitrogen and oxygen atoms in total. The molecule has 0 saturated heterocycles. The van der Waals surface area contributed by atoms with Gasteiger partial charge in [-0.25, -0.2) is 4.98 Å². The zero-order valence-electron chi connectivity index (χ0n) is 12.0. The molecule has 0 bridgehead atoms. The molecule has 0 atom stereocenters. The van der Waals surface area contributed by atoms with Gasteiger partial charge in [-0.3, -0.25) is 4.79 Å². The van der Waals surface area contributed by atoms with Crippen LogP contribution in [0.2, 0.25) is 0 Å². The smallest absolute Gasteiger partial charge is 0.241 e. The number of likely N-dealkylation sites (N-methyl/N-ethyl adjacent to an activating group) is 1. The van der Waals surface area contributed by atoms with E-state index in [0.717, 1.165) is 10.9 Å². The van der Waals surface area contributed by atoms with Crippen LogP contribution in [0.5, 0.6) is 0 Å². The van der Waals surface area contributed by atoms with Crippen LogP contribution >= 0.6 is 0 Å². The first-order valence-electron chi connectivity index (χ1n) is 6.58. The molecule has 0 spiro atoms. The van der Waals surface area contributed by atoms with Gasteiger partial charge in [-0.1, -0.05) is 12.1 Å². The van der Waals surface area contributed by atoms with Crippen LogP contribution in [0.15, 0.2) is 24.3 Å². The Morgan fingerprint density at radius 2 is 2.05 bits per heavy atom. The fraction of sp³-hybridized carbons (Fsp3) is 0.357. The molecular weight excluding hydrogens is 254 g/mol. The monoisotopic (exact) mass is 273 g/mol. The number of carbonyl (C=O) groups excluding carboxylic acids is 1. The first-order valence-corrected chi connectivity index (χ1v) is 6.58. The molecule has 1 heterocycles. The van der Waals surface area contributed by atoms with Crippen LogP contribution in [0.25, 0.3) is 10.9 Å². The molecule has 0 aliphatic rings. The molecule has 6 heteroatoms. The van der Waals surface area contributed by atoms with Crippen molar-refractivity contribution in [1.29, 1.82) is 0 Å². The van der Waals surface area contributed by atoms with E-state index in [-0.39, 0.29) is 12.5 Å². The topological polar surface area (TPSA) is 70.2 Å². The van der Waals surface area contributed by atoms with E-state index in [2.05, 4.69) is 20.6 Å². The summed E-state index contributed by atoms with van der Waals surface area (Å²) >= 11 is 0. The average Bonchev–Trinajstić information content (AvgIpc) is 2.50. The van der Waals surface area contributed by atoms with Crippen molar-refractivity contribution < 1.29 is 4.79 Å². The molecule has 0 aliphatic heterocycles. The summed E-state index contributed by atoms with van der Waals surface area (Å²) < 4.78 is 0. The van der Waals surface area contributed by atoms with Crippen LogP contribution in [0, 0.1) is 0 Å². The Labute approximate surface area is 118 Å². The third kappa shape index (κ3) is 2.96. The fourth-order valence-corrected chi connectivity index (χ4v) is 1.79. The van der Waals surface area contributed by atoms with Crippen LogP contribution in [0.1, 0.15) is 6.92 Å². The number of nitrogens with one attached hydrogen (secondary N) is 2. The van der Waals surface area contributed by atoms with Gasteiger partial charge in [0.1, 0.15) is 5.82 Å². The minimum Gasteiger partial charge on any atom is -0.360 e. The van der Waals surface area contributed by atoms with E-state index in [1.165, 1.54) is 0 Å². The first-order chi connectivity index (χ1) is 9.65. The number of anilines is 2. The number of nitrogens with zero attached hydrogens (tertiary/aromatic N) is 3. The number of amides is 1. The van der Waals surface area contributed by atoms with Gasteiger partial charge in [-0.15, -0.1) is 0 Å². The Balaban J connectivity index is 2.26. The summed E-state index contributed by atoms with van der Waals surface area (Å²) in [5, 5.41) is 6.92. The summed E-state index contributed by atoms with van der Waals surface area (Å²) in [6.07, 6.45) is 0. The van der Waals surface area contributed by atoms with Crippen LogP contribution in [0.4, 0.5) is 11.8 Å². The van der Waals surface area contributed by atoms with Crippen molar-refractivity contribution in [3.05, 3.63) is 24.3 Å². The molecular formula is C14H19N5O. The highest BCUT2D eigenvalue weighted by Gasteiger charge is 2.10. The van der Waals surface area contributed by atoms with Crippen molar-refractivity contribution in [2.45, 2.75) is 6.92 Å². The predicted molar refractivity (Wildman–Crippen MR) is 80.9 cm³/mol. The molecule has 2 rings (SSSR count). The van der Waals surface area contributed by atoms with Crippen LogP contribution in [0.3, 0.4) is 0 Å². The summed E-state index contributed by atoms with van der Waals surface area (Å²) in [7, 11) is 3.55. The van der Waals surface area contributed by atoms with Crippen molar-refractivity contribution in [3.8, 4) is 0 Å². The number of fused-ring (bicyclic) bond motifs is 1. The number of rotatable bonds is 5. The van der Waals surface area contributed by atoms with Crippen LogP contribution < -0.4 is 10.6 Å². The Kier molecular flexibility index (Phi) is 4.34. The maximum Gasteiger partial charge on any atom is 0.241 e. The number of aromatic nitrogens is 2. The van der Waals surface area contributed by atoms with Gasteiger partial charge in [0, 0.05) is 26.0 Å². The largest absolute Gasteiger partial charge is 0.360 e. The number of benzene rings is 1. The summed E-state index contributed by atoms with van der Waals surface area (Å²) in [5.74, 6) is 1.22. The molecule has 2 N–H and O–H groups in total. The van der Waals surface area contributed by atoms with Gasteiger partial charge in [-0.05, 0) is 19.1 Å². The highest BCUT2D eigenvalue weighted by atomic mass is 16.2. The zero-order valence-corrected chi connectivity index (χ0v) is 12.0. The van der Waals surface area contributed by atoms with Gasteiger partial charge in [0.15, 0.2) is 0 Å². The standard InChI is InChI=1S/C14H19N5O/c1-4-19(3)12(20)9-16-13-10-7-5-6-8-11(10)17-14(15-2)18-13/h5-8H,4,9H2,1-3H3,(H2,15,16,17,18). The molecule has 0 saturated carbocycles. The molecule has 1 amide bonds. The number of carbonyl (C=O) groups is 1. The van der Waals surface area contributed by atoms with Crippen molar-refractivity contribution in [1.82, 2.24) is 14.9 Å². The van der Waals surface area contributed by atoms with E-state index in [4.69, 9.17) is 0 Å². The van der Waals surface area contributed by atoms with Gasteiger partial charge in [-0.2, -0.15) is 4.98 Å². The quantitative estimate of drug-likeness (QED) is 0.865. The van der Waals surface area contributed by atoms with Crippen molar-refractivity contribution in [2.75, 3.05) is 37.8 Å². The summed E-state index contributed by atoms with van der Waals surface area (Å²) in [4.78, 5) is 22.3. The second kappa shape index (κ2) is 6.18. The summed E-state index contributed by atoms with van der Waals surface area (Å²) in [6, 6.07) is 7.71. The van der Waals surface area contributed by atoms with E-state index in [9.17, 15) is 4.79 Å². The highest BCUT2D eigenvalue weighted by molar-refractivity contribution is 5.91. The molecule has 2 aromatic rings. The molecule has 20 heavy (non-hydrogen) atoms. The lowest BCUT2D eigenvalue weighted by atomic mass is 10.2. The zero-order chi connectivity index (χ0) is 14.5. The Hall–Kier alpha value is -2.37. The van der Waals surface area contributed by atoms with Crippen molar-refractivity contribution in [2.24, 2.45) is 0 Å². The van der Waals surface area contributed by atoms with Gasteiger partial charge >= 0.3 is 0 Å². The minimum atomic E-state index is 0.0289. The lowest BCUT2D eigenvalue weighted by molar-refractivity contribution is -0.127. The molecule has 0 unspecified atom stereocenters. The predicted octanol–water partition coefficient (Wildman–Crippen LogP) is 1.56. The van der Waals surface area contributed by atoms with E-state index in [1.807, 2.05) is 31.2 Å². The van der Waals surface area contributed by atoms with Gasteiger partial charge in [0.2, 0.25) is 11.9 Å². The van der Waals surface area contributed by atoms with Gasteiger partial charge < -0.3 is 15.5 Å². The van der Waals surface area contributed by atoms with E-state index in [0.29, 0.717) is 18.3 Å². The SMILES string of the molecule is CCN(C)C(=O)CNc1nc(NC)nc2ccccc12. The Bertz CT molecular complexity index is 614. The van der Waals surface area contributed by atoms with E-state index in [1.54, 1.807) is 19.0 Å². The second-order valence-electron chi connectivity index (χ2n) is 4.42. The first kappa shape index (κ1) is 14.0. The maximum absolute atomic E-state index is 11.8. The molecule has 0 aliphatic carbocycles. The lowest BCUT2D eigenvalue weighted by Gasteiger charge is -2.16. The Morgan fingerprint density at radius 1 is 1.30 bits per heavy atom. The van der Waals surface area contributed by atoms with Crippen molar-refractivity contribution in [3.63, 3.8) is 0 Å². The third-order valence-corrected chi connectivity index (χ3v) is 3.13. The molecule has 0 radical (unpaired) electrons. The van der Waals surface area contributed by atoms with Gasteiger partial charge in [0.05, 0.1) is 12.1 Å². The summed E-state index contributed by atoms with van der Waals surface area (Å²) in [6.45, 7) is 2.85.